The Labute approximate surface area is 216 Å². The zero-order chi connectivity index (χ0) is 25.1. The molecule has 37 heavy (non-hydrogen) atoms. The molecule has 7 heteroatoms. The van der Waals surface area contributed by atoms with Crippen LogP contribution in [0.1, 0.15) is 13.3 Å². The van der Waals surface area contributed by atoms with E-state index in [-0.39, 0.29) is 5.69 Å². The standard InChI is InChI=1S/C30H23N5OS/c1-2-13-34-26-17-32-24-11-8-20(21-9-12-25-27(16-21)37-29(31)33-25)15-23(24)28(26)35(30(34)36)22-10-7-18-5-3-4-6-19(18)14-22/h3-12,14-17H,2,13H2,1H3,(H2,31,33). The lowest BCUT2D eigenvalue weighted by atomic mass is 10.0. The number of pyridine rings is 1. The fraction of sp³-hybridized carbons (Fsp3) is 0.100. The predicted molar refractivity (Wildman–Crippen MR) is 154 cm³/mol. The summed E-state index contributed by atoms with van der Waals surface area (Å²) in [7, 11) is 0. The van der Waals surface area contributed by atoms with Crippen molar-refractivity contribution in [3.05, 3.63) is 95.5 Å². The van der Waals surface area contributed by atoms with E-state index in [0.717, 1.165) is 66.2 Å². The van der Waals surface area contributed by atoms with Crippen molar-refractivity contribution in [2.24, 2.45) is 0 Å². The number of benzene rings is 4. The number of imidazole rings is 1. The zero-order valence-corrected chi connectivity index (χ0v) is 21.0. The maximum Gasteiger partial charge on any atom is 0.333 e. The summed E-state index contributed by atoms with van der Waals surface area (Å²) in [6.07, 6.45) is 2.69. The van der Waals surface area contributed by atoms with E-state index < -0.39 is 0 Å². The molecule has 0 amide bonds. The van der Waals surface area contributed by atoms with Gasteiger partial charge in [-0.1, -0.05) is 60.7 Å². The Morgan fingerprint density at radius 1 is 0.892 bits per heavy atom. The Hall–Kier alpha value is -4.49. The van der Waals surface area contributed by atoms with Crippen LogP contribution >= 0.6 is 11.3 Å². The molecule has 7 aromatic rings. The van der Waals surface area contributed by atoms with Crippen LogP contribution in [0.5, 0.6) is 0 Å². The van der Waals surface area contributed by atoms with Crippen LogP contribution in [0.2, 0.25) is 0 Å². The highest BCUT2D eigenvalue weighted by Crippen LogP contribution is 2.33. The van der Waals surface area contributed by atoms with Gasteiger partial charge in [0.25, 0.3) is 0 Å². The Bertz CT molecular complexity index is 2050. The van der Waals surface area contributed by atoms with Gasteiger partial charge in [0.2, 0.25) is 0 Å². The number of thiazole rings is 1. The Morgan fingerprint density at radius 3 is 2.51 bits per heavy atom. The zero-order valence-electron chi connectivity index (χ0n) is 20.2. The van der Waals surface area contributed by atoms with Crippen molar-refractivity contribution >= 4 is 59.4 Å². The normalized spacial score (nSPS) is 11.8. The van der Waals surface area contributed by atoms with E-state index in [0.29, 0.717) is 11.7 Å². The Kier molecular flexibility index (Phi) is 4.87. The molecule has 0 fully saturated rings. The molecule has 0 unspecified atom stereocenters. The van der Waals surface area contributed by atoms with Crippen molar-refractivity contribution in [3.63, 3.8) is 0 Å². The van der Waals surface area contributed by atoms with E-state index in [9.17, 15) is 4.79 Å². The number of rotatable bonds is 4. The summed E-state index contributed by atoms with van der Waals surface area (Å²) in [4.78, 5) is 23.0. The van der Waals surface area contributed by atoms with E-state index in [4.69, 9.17) is 10.7 Å². The smallest absolute Gasteiger partial charge is 0.333 e. The largest absolute Gasteiger partial charge is 0.375 e. The van der Waals surface area contributed by atoms with Crippen LogP contribution in [0, 0.1) is 0 Å². The summed E-state index contributed by atoms with van der Waals surface area (Å²) in [5.41, 5.74) is 12.3. The second kappa shape index (κ2) is 8.28. The fourth-order valence-corrected chi connectivity index (χ4v) is 5.99. The van der Waals surface area contributed by atoms with Crippen LogP contribution in [0.4, 0.5) is 5.13 Å². The van der Waals surface area contributed by atoms with Crippen molar-refractivity contribution in [2.45, 2.75) is 19.9 Å². The highest BCUT2D eigenvalue weighted by molar-refractivity contribution is 7.22. The lowest BCUT2D eigenvalue weighted by Gasteiger charge is -2.09. The minimum atomic E-state index is -0.0478. The van der Waals surface area contributed by atoms with Crippen molar-refractivity contribution in [3.8, 4) is 16.8 Å². The maximum absolute atomic E-state index is 13.8. The topological polar surface area (TPSA) is 78.7 Å². The Balaban J connectivity index is 1.53. The van der Waals surface area contributed by atoms with E-state index >= 15 is 0 Å². The highest BCUT2D eigenvalue weighted by Gasteiger charge is 2.18. The summed E-state index contributed by atoms with van der Waals surface area (Å²) < 4.78 is 4.74. The molecular formula is C30H23N5OS. The van der Waals surface area contributed by atoms with Crippen LogP contribution in [0.25, 0.3) is 59.7 Å². The third-order valence-corrected chi connectivity index (χ3v) is 7.78. The van der Waals surface area contributed by atoms with Gasteiger partial charge >= 0.3 is 5.69 Å². The van der Waals surface area contributed by atoms with Gasteiger partial charge in [-0.2, -0.15) is 0 Å². The van der Waals surface area contributed by atoms with Crippen LogP contribution in [-0.2, 0) is 6.54 Å². The van der Waals surface area contributed by atoms with E-state index in [1.54, 1.807) is 0 Å². The number of aromatic nitrogens is 4. The van der Waals surface area contributed by atoms with Crippen LogP contribution in [0.3, 0.4) is 0 Å². The average molecular weight is 502 g/mol. The van der Waals surface area contributed by atoms with E-state index in [1.165, 1.54) is 11.3 Å². The number of nitrogens with zero attached hydrogens (tertiary/aromatic N) is 4. The molecule has 4 aromatic carbocycles. The van der Waals surface area contributed by atoms with Gasteiger partial charge in [0.05, 0.1) is 38.7 Å². The molecule has 0 atom stereocenters. The average Bonchev–Trinajstić information content (AvgIpc) is 3.44. The second-order valence-electron chi connectivity index (χ2n) is 9.26. The maximum atomic E-state index is 13.8. The molecule has 0 spiro atoms. The summed E-state index contributed by atoms with van der Waals surface area (Å²) in [6.45, 7) is 2.72. The monoisotopic (exact) mass is 501 g/mol. The molecule has 0 bridgehead atoms. The third-order valence-electron chi connectivity index (χ3n) is 6.93. The van der Waals surface area contributed by atoms with Crippen LogP contribution in [0.15, 0.2) is 89.9 Å². The molecule has 0 saturated carbocycles. The molecule has 0 radical (unpaired) electrons. The number of aryl methyl sites for hydroxylation is 1. The second-order valence-corrected chi connectivity index (χ2v) is 10.3. The first-order chi connectivity index (χ1) is 18.1. The van der Waals surface area contributed by atoms with Crippen LogP contribution in [-0.4, -0.2) is 19.1 Å². The summed E-state index contributed by atoms with van der Waals surface area (Å²) >= 11 is 1.48. The van der Waals surface area contributed by atoms with Gasteiger partial charge in [0.15, 0.2) is 5.13 Å². The predicted octanol–water partition coefficient (Wildman–Crippen LogP) is 6.76. The van der Waals surface area contributed by atoms with Crippen molar-refractivity contribution < 1.29 is 0 Å². The number of hydrogen-bond donors (Lipinski definition) is 1. The van der Waals surface area contributed by atoms with Crippen molar-refractivity contribution in [2.75, 3.05) is 5.73 Å². The first-order valence-electron chi connectivity index (χ1n) is 12.3. The Morgan fingerprint density at radius 2 is 1.68 bits per heavy atom. The summed E-state index contributed by atoms with van der Waals surface area (Å²) in [5.74, 6) is 0. The number of fused-ring (bicyclic) bond motifs is 5. The van der Waals surface area contributed by atoms with Gasteiger partial charge in [-0.05, 0) is 64.7 Å². The molecule has 6 nitrogen and oxygen atoms in total. The van der Waals surface area contributed by atoms with Gasteiger partial charge in [0.1, 0.15) is 0 Å². The molecule has 3 aromatic heterocycles. The van der Waals surface area contributed by atoms with Gasteiger partial charge in [-0.15, -0.1) is 0 Å². The molecule has 2 N–H and O–H groups in total. The quantitative estimate of drug-likeness (QED) is 0.289. The molecule has 0 aliphatic carbocycles. The van der Waals surface area contributed by atoms with Gasteiger partial charge in [-0.25, -0.2) is 9.78 Å². The number of nitrogens with two attached hydrogens (primary N) is 1. The van der Waals surface area contributed by atoms with E-state index in [2.05, 4.69) is 60.4 Å². The molecule has 3 heterocycles. The molecule has 0 aliphatic heterocycles. The lowest BCUT2D eigenvalue weighted by Crippen LogP contribution is -2.23. The molecule has 7 rings (SSSR count). The number of anilines is 1. The third kappa shape index (κ3) is 3.42. The SMILES string of the molecule is CCCn1c(=O)n(-c2ccc3ccccc3c2)c2c3cc(-c4ccc5nc(N)sc5c4)ccc3ncc21. The first-order valence-corrected chi connectivity index (χ1v) is 13.1. The molecule has 0 aliphatic rings. The van der Waals surface area contributed by atoms with E-state index in [1.807, 2.05) is 45.7 Å². The summed E-state index contributed by atoms with van der Waals surface area (Å²) in [5, 5.41) is 3.75. The minimum absolute atomic E-state index is 0.0478. The lowest BCUT2D eigenvalue weighted by molar-refractivity contribution is 0.663. The number of nitrogen functional groups attached to an aromatic ring is 1. The fourth-order valence-electron chi connectivity index (χ4n) is 5.22. The van der Waals surface area contributed by atoms with Crippen molar-refractivity contribution in [1.29, 1.82) is 0 Å². The molecule has 180 valence electrons. The van der Waals surface area contributed by atoms with Gasteiger partial charge < -0.3 is 5.73 Å². The van der Waals surface area contributed by atoms with Gasteiger partial charge in [0, 0.05) is 11.9 Å². The summed E-state index contributed by atoms with van der Waals surface area (Å²) in [6, 6.07) is 26.8. The minimum Gasteiger partial charge on any atom is -0.375 e. The number of hydrogen-bond acceptors (Lipinski definition) is 5. The molecule has 0 saturated heterocycles. The first kappa shape index (κ1) is 21.8. The highest BCUT2D eigenvalue weighted by atomic mass is 32.1. The molecular weight excluding hydrogens is 478 g/mol. The van der Waals surface area contributed by atoms with Crippen molar-refractivity contribution in [1.82, 2.24) is 19.1 Å². The van der Waals surface area contributed by atoms with Gasteiger partial charge in [-0.3, -0.25) is 14.1 Å². The van der Waals surface area contributed by atoms with Crippen LogP contribution < -0.4 is 11.4 Å².